The van der Waals surface area contributed by atoms with Crippen LogP contribution in [0, 0.1) is 6.92 Å². The Hall–Kier alpha value is -1.22. The van der Waals surface area contributed by atoms with Crippen molar-refractivity contribution in [2.45, 2.75) is 13.3 Å². The molecular weight excluding hydrogens is 178 g/mol. The molecule has 0 atom stereocenters. The minimum Gasteiger partial charge on any atom is -0.493 e. The number of benzene rings is 1. The Morgan fingerprint density at radius 3 is 2.71 bits per heavy atom. The molecule has 0 spiro atoms. The third-order valence-corrected chi connectivity index (χ3v) is 1.95. The number of nitrogen functional groups attached to an aromatic ring is 1. The summed E-state index contributed by atoms with van der Waals surface area (Å²) < 4.78 is 10.5. The van der Waals surface area contributed by atoms with Gasteiger partial charge in [-0.2, -0.15) is 0 Å². The summed E-state index contributed by atoms with van der Waals surface area (Å²) in [6.07, 6.45) is 0.903. The molecule has 1 aromatic carbocycles. The third-order valence-electron chi connectivity index (χ3n) is 1.95. The van der Waals surface area contributed by atoms with Crippen LogP contribution in [0.25, 0.3) is 0 Å². The maximum absolute atomic E-state index is 5.63. The number of nitrogens with two attached hydrogens (primary N) is 1. The molecule has 3 heteroatoms. The van der Waals surface area contributed by atoms with Crippen molar-refractivity contribution in [3.63, 3.8) is 0 Å². The summed E-state index contributed by atoms with van der Waals surface area (Å²) in [6, 6.07) is 5.65. The first kappa shape index (κ1) is 10.9. The lowest BCUT2D eigenvalue weighted by molar-refractivity contribution is 0.172. The van der Waals surface area contributed by atoms with E-state index in [1.807, 2.05) is 25.1 Å². The Kier molecular flexibility index (Phi) is 4.26. The van der Waals surface area contributed by atoms with Crippen molar-refractivity contribution in [2.75, 3.05) is 26.1 Å². The molecule has 78 valence electrons. The Bertz CT molecular complexity index is 287. The normalized spacial score (nSPS) is 10.1. The Morgan fingerprint density at radius 1 is 1.29 bits per heavy atom. The number of anilines is 1. The van der Waals surface area contributed by atoms with Gasteiger partial charge >= 0.3 is 0 Å². The van der Waals surface area contributed by atoms with Crippen LogP contribution in [0.15, 0.2) is 18.2 Å². The van der Waals surface area contributed by atoms with E-state index >= 15 is 0 Å². The average Bonchev–Trinajstić information content (AvgIpc) is 2.15. The molecule has 1 aromatic rings. The summed E-state index contributed by atoms with van der Waals surface area (Å²) in [5.74, 6) is 0.898. The largest absolute Gasteiger partial charge is 0.493 e. The molecule has 0 aromatic heterocycles. The summed E-state index contributed by atoms with van der Waals surface area (Å²) in [6.45, 7) is 3.40. The zero-order chi connectivity index (χ0) is 10.4. The number of hydrogen-bond acceptors (Lipinski definition) is 3. The van der Waals surface area contributed by atoms with E-state index in [1.165, 1.54) is 0 Å². The van der Waals surface area contributed by atoms with Crippen LogP contribution in [0.1, 0.15) is 12.0 Å². The van der Waals surface area contributed by atoms with E-state index in [1.54, 1.807) is 7.11 Å². The van der Waals surface area contributed by atoms with Gasteiger partial charge in [0.15, 0.2) is 0 Å². The van der Waals surface area contributed by atoms with Crippen LogP contribution < -0.4 is 10.5 Å². The molecule has 0 saturated carbocycles. The highest BCUT2D eigenvalue weighted by Gasteiger charge is 1.98. The first-order chi connectivity index (χ1) is 6.74. The smallest absolute Gasteiger partial charge is 0.122 e. The summed E-state index contributed by atoms with van der Waals surface area (Å²) in [5.41, 5.74) is 7.47. The van der Waals surface area contributed by atoms with Crippen molar-refractivity contribution in [3.05, 3.63) is 23.8 Å². The molecule has 2 N–H and O–H groups in total. The van der Waals surface area contributed by atoms with Gasteiger partial charge in [0.1, 0.15) is 5.75 Å². The van der Waals surface area contributed by atoms with Crippen LogP contribution >= 0.6 is 0 Å². The molecule has 0 amide bonds. The van der Waals surface area contributed by atoms with Crippen molar-refractivity contribution in [1.29, 1.82) is 0 Å². The fraction of sp³-hybridized carbons (Fsp3) is 0.455. The molecule has 0 aliphatic carbocycles. The topological polar surface area (TPSA) is 44.5 Å². The van der Waals surface area contributed by atoms with E-state index in [-0.39, 0.29) is 0 Å². The fourth-order valence-electron chi connectivity index (χ4n) is 1.22. The zero-order valence-corrected chi connectivity index (χ0v) is 8.75. The lowest BCUT2D eigenvalue weighted by atomic mass is 10.2. The lowest BCUT2D eigenvalue weighted by Crippen LogP contribution is -2.02. The van der Waals surface area contributed by atoms with Crippen LogP contribution in [-0.2, 0) is 4.74 Å². The van der Waals surface area contributed by atoms with Crippen molar-refractivity contribution in [2.24, 2.45) is 0 Å². The highest BCUT2D eigenvalue weighted by atomic mass is 16.5. The minimum absolute atomic E-state index is 0.679. The van der Waals surface area contributed by atoms with Gasteiger partial charge in [0.05, 0.1) is 6.61 Å². The van der Waals surface area contributed by atoms with Gasteiger partial charge in [-0.25, -0.2) is 0 Å². The summed E-state index contributed by atoms with van der Waals surface area (Å²) in [4.78, 5) is 0. The SMILES string of the molecule is COCCCOc1ccc(N)cc1C. The molecule has 0 fully saturated rings. The molecule has 3 nitrogen and oxygen atoms in total. The zero-order valence-electron chi connectivity index (χ0n) is 8.75. The first-order valence-corrected chi connectivity index (χ1v) is 4.72. The van der Waals surface area contributed by atoms with Gasteiger partial charge in [-0.1, -0.05) is 0 Å². The van der Waals surface area contributed by atoms with E-state index in [0.717, 1.165) is 30.0 Å². The maximum atomic E-state index is 5.63. The summed E-state index contributed by atoms with van der Waals surface area (Å²) in [5, 5.41) is 0. The quantitative estimate of drug-likeness (QED) is 0.577. The van der Waals surface area contributed by atoms with Crippen molar-refractivity contribution >= 4 is 5.69 Å². The van der Waals surface area contributed by atoms with Crippen LogP contribution in [0.5, 0.6) is 5.75 Å². The molecule has 0 heterocycles. The molecular formula is C11H17NO2. The number of methoxy groups -OCH3 is 1. The third kappa shape index (κ3) is 3.26. The van der Waals surface area contributed by atoms with E-state index in [0.29, 0.717) is 6.61 Å². The molecule has 14 heavy (non-hydrogen) atoms. The predicted octanol–water partition coefficient (Wildman–Crippen LogP) is 1.99. The average molecular weight is 195 g/mol. The molecule has 0 radical (unpaired) electrons. The van der Waals surface area contributed by atoms with Crippen LogP contribution in [-0.4, -0.2) is 20.3 Å². The standard InChI is InChI=1S/C11H17NO2/c1-9-8-10(12)4-5-11(9)14-7-3-6-13-2/h4-5,8H,3,6-7,12H2,1-2H3. The van der Waals surface area contributed by atoms with Gasteiger partial charge in [0.25, 0.3) is 0 Å². The molecule has 0 aliphatic heterocycles. The molecule has 0 unspecified atom stereocenters. The lowest BCUT2D eigenvalue weighted by Gasteiger charge is -2.08. The first-order valence-electron chi connectivity index (χ1n) is 4.72. The maximum Gasteiger partial charge on any atom is 0.122 e. The van der Waals surface area contributed by atoms with Crippen molar-refractivity contribution < 1.29 is 9.47 Å². The van der Waals surface area contributed by atoms with Crippen molar-refractivity contribution in [1.82, 2.24) is 0 Å². The minimum atomic E-state index is 0.679. The van der Waals surface area contributed by atoms with E-state index in [9.17, 15) is 0 Å². The van der Waals surface area contributed by atoms with Crippen molar-refractivity contribution in [3.8, 4) is 5.75 Å². The second kappa shape index (κ2) is 5.50. The Balaban J connectivity index is 2.42. The van der Waals surface area contributed by atoms with E-state index in [2.05, 4.69) is 0 Å². The second-order valence-electron chi connectivity index (χ2n) is 3.22. The number of aryl methyl sites for hydroxylation is 1. The number of rotatable bonds is 5. The molecule has 1 rings (SSSR count). The van der Waals surface area contributed by atoms with Gasteiger partial charge in [-0.05, 0) is 30.7 Å². The van der Waals surface area contributed by atoms with Gasteiger partial charge in [0, 0.05) is 25.8 Å². The number of ether oxygens (including phenoxy) is 2. The van der Waals surface area contributed by atoms with Crippen LogP contribution in [0.2, 0.25) is 0 Å². The predicted molar refractivity (Wildman–Crippen MR) is 57.6 cm³/mol. The Labute approximate surface area is 84.8 Å². The molecule has 0 saturated heterocycles. The van der Waals surface area contributed by atoms with Gasteiger partial charge < -0.3 is 15.2 Å². The fourth-order valence-corrected chi connectivity index (χ4v) is 1.22. The highest BCUT2D eigenvalue weighted by Crippen LogP contribution is 2.20. The molecule has 0 bridgehead atoms. The summed E-state index contributed by atoms with van der Waals surface area (Å²) >= 11 is 0. The Morgan fingerprint density at radius 2 is 2.07 bits per heavy atom. The number of hydrogen-bond donors (Lipinski definition) is 1. The monoisotopic (exact) mass is 195 g/mol. The van der Waals surface area contributed by atoms with Crippen LogP contribution in [0.3, 0.4) is 0 Å². The van der Waals surface area contributed by atoms with Crippen LogP contribution in [0.4, 0.5) is 5.69 Å². The van der Waals surface area contributed by atoms with Gasteiger partial charge in [-0.3, -0.25) is 0 Å². The van der Waals surface area contributed by atoms with Gasteiger partial charge in [0.2, 0.25) is 0 Å². The summed E-state index contributed by atoms with van der Waals surface area (Å²) in [7, 11) is 1.69. The molecule has 0 aliphatic rings. The second-order valence-corrected chi connectivity index (χ2v) is 3.22. The van der Waals surface area contributed by atoms with E-state index < -0.39 is 0 Å². The van der Waals surface area contributed by atoms with E-state index in [4.69, 9.17) is 15.2 Å². The van der Waals surface area contributed by atoms with Gasteiger partial charge in [-0.15, -0.1) is 0 Å². The highest BCUT2D eigenvalue weighted by molar-refractivity contribution is 5.47.